The third-order valence-corrected chi connectivity index (χ3v) is 4.05. The minimum Gasteiger partial charge on any atom is -0.455 e. The molecule has 0 saturated heterocycles. The van der Waals surface area contributed by atoms with E-state index >= 15 is 0 Å². The molecule has 0 amide bonds. The Bertz CT molecular complexity index is 743. The monoisotopic (exact) mass is 317 g/mol. The van der Waals surface area contributed by atoms with E-state index in [0.29, 0.717) is 5.75 Å². The van der Waals surface area contributed by atoms with Crippen molar-refractivity contribution in [2.24, 2.45) is 0 Å². The fraction of sp³-hybridized carbons (Fsp3) is 0.0769. The van der Waals surface area contributed by atoms with Crippen molar-refractivity contribution in [3.63, 3.8) is 0 Å². The Morgan fingerprint density at radius 2 is 1.62 bits per heavy atom. The molecule has 0 atom stereocenters. The fourth-order valence-corrected chi connectivity index (χ4v) is 2.33. The highest BCUT2D eigenvalue weighted by Crippen LogP contribution is 2.34. The molecule has 0 saturated carbocycles. The maximum Gasteiger partial charge on any atom is 0.501 e. The Morgan fingerprint density at radius 1 is 1.00 bits per heavy atom. The second kappa shape index (κ2) is 5.28. The van der Waals surface area contributed by atoms with Crippen molar-refractivity contribution in [2.75, 3.05) is 5.73 Å². The van der Waals surface area contributed by atoms with Crippen molar-refractivity contribution in [1.82, 2.24) is 0 Å². The molecule has 21 heavy (non-hydrogen) atoms. The normalized spacial score (nSPS) is 12.1. The number of benzene rings is 2. The summed E-state index contributed by atoms with van der Waals surface area (Å²) in [5.74, 6) is 0.498. The van der Waals surface area contributed by atoms with E-state index in [1.807, 2.05) is 0 Å². The van der Waals surface area contributed by atoms with Gasteiger partial charge in [0.2, 0.25) is 0 Å². The molecular formula is C13H10F3NO3S. The summed E-state index contributed by atoms with van der Waals surface area (Å²) in [4.78, 5) is -0.923. The number of sulfone groups is 1. The first-order valence-corrected chi connectivity index (χ1v) is 7.14. The maximum atomic E-state index is 12.4. The van der Waals surface area contributed by atoms with Crippen molar-refractivity contribution in [3.8, 4) is 11.5 Å². The number of hydrogen-bond donors (Lipinski definition) is 1. The van der Waals surface area contributed by atoms with Gasteiger partial charge in [0, 0.05) is 0 Å². The maximum absolute atomic E-state index is 12.4. The molecule has 0 aliphatic heterocycles. The van der Waals surface area contributed by atoms with Crippen LogP contribution in [0.3, 0.4) is 0 Å². The lowest BCUT2D eigenvalue weighted by Crippen LogP contribution is -2.23. The van der Waals surface area contributed by atoms with Crippen LogP contribution in [0.25, 0.3) is 0 Å². The number of rotatable bonds is 3. The van der Waals surface area contributed by atoms with Gasteiger partial charge in [-0.15, -0.1) is 0 Å². The molecule has 112 valence electrons. The van der Waals surface area contributed by atoms with E-state index in [-0.39, 0.29) is 11.4 Å². The predicted octanol–water partition coefficient (Wildman–Crippen LogP) is 3.35. The molecule has 2 aromatic carbocycles. The standard InChI is InChI=1S/C13H10F3NO3S/c14-13(15,16)21(18,19)10-6-7-12(11(17)8-10)20-9-4-2-1-3-5-9/h1-8H,17H2. The van der Waals surface area contributed by atoms with Gasteiger partial charge in [0.05, 0.1) is 10.6 Å². The third-order valence-electron chi connectivity index (χ3n) is 2.57. The van der Waals surface area contributed by atoms with E-state index in [1.54, 1.807) is 30.3 Å². The van der Waals surface area contributed by atoms with Crippen LogP contribution in [0, 0.1) is 0 Å². The van der Waals surface area contributed by atoms with E-state index < -0.39 is 20.2 Å². The Morgan fingerprint density at radius 3 is 2.14 bits per heavy atom. The molecule has 4 nitrogen and oxygen atoms in total. The fourth-order valence-electron chi connectivity index (χ4n) is 1.54. The summed E-state index contributed by atoms with van der Waals surface area (Å²) in [6.45, 7) is 0. The van der Waals surface area contributed by atoms with Crippen molar-refractivity contribution < 1.29 is 26.3 Å². The molecule has 0 aromatic heterocycles. The van der Waals surface area contributed by atoms with Gasteiger partial charge in [-0.3, -0.25) is 0 Å². The summed E-state index contributed by atoms with van der Waals surface area (Å²) < 4.78 is 65.2. The lowest BCUT2D eigenvalue weighted by atomic mass is 10.3. The lowest BCUT2D eigenvalue weighted by Gasteiger charge is -2.11. The number of para-hydroxylation sites is 1. The van der Waals surface area contributed by atoms with Crippen LogP contribution in [-0.2, 0) is 9.84 Å². The second-order valence-corrected chi connectivity index (χ2v) is 6.01. The van der Waals surface area contributed by atoms with Crippen molar-refractivity contribution in [3.05, 3.63) is 48.5 Å². The molecule has 0 spiro atoms. The molecule has 2 aromatic rings. The highest BCUT2D eigenvalue weighted by atomic mass is 32.2. The van der Waals surface area contributed by atoms with E-state index in [4.69, 9.17) is 10.5 Å². The lowest BCUT2D eigenvalue weighted by molar-refractivity contribution is -0.0436. The minimum atomic E-state index is -5.42. The van der Waals surface area contributed by atoms with Gasteiger partial charge < -0.3 is 10.5 Å². The molecule has 8 heteroatoms. The summed E-state index contributed by atoms with van der Waals surface area (Å²) in [7, 11) is -5.42. The number of anilines is 1. The highest BCUT2D eigenvalue weighted by Gasteiger charge is 2.47. The Balaban J connectivity index is 2.35. The van der Waals surface area contributed by atoms with Gasteiger partial charge in [0.1, 0.15) is 11.5 Å². The van der Waals surface area contributed by atoms with Gasteiger partial charge in [0.15, 0.2) is 0 Å². The number of halogens is 3. The largest absolute Gasteiger partial charge is 0.501 e. The van der Waals surface area contributed by atoms with E-state index in [2.05, 4.69) is 0 Å². The summed E-state index contributed by atoms with van der Waals surface area (Å²) in [5, 5.41) is 0. The molecule has 0 aliphatic rings. The van der Waals surface area contributed by atoms with Crippen LogP contribution < -0.4 is 10.5 Å². The second-order valence-electron chi connectivity index (χ2n) is 4.06. The zero-order chi connectivity index (χ0) is 15.7. The van der Waals surface area contributed by atoms with Crippen LogP contribution in [0.2, 0.25) is 0 Å². The average molecular weight is 317 g/mol. The predicted molar refractivity (Wildman–Crippen MR) is 70.6 cm³/mol. The summed E-state index contributed by atoms with van der Waals surface area (Å²) in [5.41, 5.74) is -0.0258. The molecule has 0 radical (unpaired) electrons. The third kappa shape index (κ3) is 3.10. The van der Waals surface area contributed by atoms with Crippen molar-refractivity contribution in [1.29, 1.82) is 0 Å². The van der Waals surface area contributed by atoms with Crippen molar-refractivity contribution in [2.45, 2.75) is 10.4 Å². The van der Waals surface area contributed by atoms with Crippen LogP contribution in [0.15, 0.2) is 53.4 Å². The minimum absolute atomic E-state index is 0.0716. The SMILES string of the molecule is Nc1cc(S(=O)(=O)C(F)(F)F)ccc1Oc1ccccc1. The summed E-state index contributed by atoms with van der Waals surface area (Å²) in [6, 6.07) is 11.0. The summed E-state index contributed by atoms with van der Waals surface area (Å²) in [6.07, 6.45) is 0. The topological polar surface area (TPSA) is 69.4 Å². The average Bonchev–Trinajstić information content (AvgIpc) is 2.41. The number of nitrogens with two attached hydrogens (primary N) is 1. The van der Waals surface area contributed by atoms with Crippen LogP contribution in [-0.4, -0.2) is 13.9 Å². The van der Waals surface area contributed by atoms with E-state index in [0.717, 1.165) is 18.2 Å². The van der Waals surface area contributed by atoms with Crippen LogP contribution in [0.4, 0.5) is 18.9 Å². The molecule has 2 N–H and O–H groups in total. The molecule has 0 unspecified atom stereocenters. The first-order valence-electron chi connectivity index (χ1n) is 5.65. The van der Waals surface area contributed by atoms with Gasteiger partial charge in [0.25, 0.3) is 9.84 Å². The molecule has 2 rings (SSSR count). The van der Waals surface area contributed by atoms with Gasteiger partial charge in [-0.1, -0.05) is 18.2 Å². The first-order chi connectivity index (χ1) is 9.72. The molecule has 0 aliphatic carbocycles. The van der Waals surface area contributed by atoms with Gasteiger partial charge in [-0.05, 0) is 30.3 Å². The van der Waals surface area contributed by atoms with E-state index in [9.17, 15) is 21.6 Å². The van der Waals surface area contributed by atoms with Crippen molar-refractivity contribution >= 4 is 15.5 Å². The highest BCUT2D eigenvalue weighted by molar-refractivity contribution is 7.92. The first kappa shape index (κ1) is 15.2. The van der Waals surface area contributed by atoms with Crippen LogP contribution >= 0.6 is 0 Å². The molecule has 0 bridgehead atoms. The van der Waals surface area contributed by atoms with Gasteiger partial charge >= 0.3 is 5.51 Å². The Kier molecular flexibility index (Phi) is 3.82. The zero-order valence-electron chi connectivity index (χ0n) is 10.5. The molecule has 0 fully saturated rings. The Labute approximate surface area is 118 Å². The zero-order valence-corrected chi connectivity index (χ0v) is 11.3. The molecule has 0 heterocycles. The quantitative estimate of drug-likeness (QED) is 0.881. The smallest absolute Gasteiger partial charge is 0.455 e. The molecular weight excluding hydrogens is 307 g/mol. The summed E-state index contributed by atoms with van der Waals surface area (Å²) >= 11 is 0. The van der Waals surface area contributed by atoms with Crippen LogP contribution in [0.5, 0.6) is 11.5 Å². The number of hydrogen-bond acceptors (Lipinski definition) is 4. The van der Waals surface area contributed by atoms with Gasteiger partial charge in [-0.25, -0.2) is 8.42 Å². The number of nitrogen functional groups attached to an aromatic ring is 1. The van der Waals surface area contributed by atoms with E-state index in [1.165, 1.54) is 0 Å². The van der Waals surface area contributed by atoms with Gasteiger partial charge in [-0.2, -0.15) is 13.2 Å². The Hall–Kier alpha value is -2.22. The number of ether oxygens (including phenoxy) is 1. The van der Waals surface area contributed by atoms with Crippen LogP contribution in [0.1, 0.15) is 0 Å². The number of alkyl halides is 3.